The van der Waals surface area contributed by atoms with Gasteiger partial charge in [0.05, 0.1) is 6.54 Å². The van der Waals surface area contributed by atoms with E-state index in [0.29, 0.717) is 5.25 Å². The van der Waals surface area contributed by atoms with Crippen molar-refractivity contribution in [2.75, 3.05) is 13.1 Å². The van der Waals surface area contributed by atoms with E-state index in [1.807, 2.05) is 11.8 Å². The zero-order valence-corrected chi connectivity index (χ0v) is 10.7. The Bertz CT molecular complexity index is 387. The Morgan fingerprint density at radius 2 is 2.25 bits per heavy atom. The molecule has 0 radical (unpaired) electrons. The number of nitrogens with zero attached hydrogens (tertiary/aromatic N) is 1. The minimum Gasteiger partial charge on any atom is -0.365 e. The van der Waals surface area contributed by atoms with Gasteiger partial charge >= 0.3 is 0 Å². The van der Waals surface area contributed by atoms with E-state index in [0.717, 1.165) is 24.7 Å². The maximum Gasteiger partial charge on any atom is 0.156 e. The first-order valence-corrected chi connectivity index (χ1v) is 6.63. The Labute approximate surface area is 102 Å². The topological polar surface area (TPSA) is 24.4 Å². The number of nitrogens with one attached hydrogen (secondary N) is 1. The lowest BCUT2D eigenvalue weighted by Crippen LogP contribution is -2.22. The molecule has 2 nitrogen and oxygen atoms in total. The standard InChI is InChI=1S/C13H18N2S/c1-10-5-3-4-6-12(10)7-8-14-13-15-9-11(2)16-13/h3-6,11H,7-9H2,1-2H3,(H,14,15). The van der Waals surface area contributed by atoms with Crippen molar-refractivity contribution in [1.29, 1.82) is 0 Å². The summed E-state index contributed by atoms with van der Waals surface area (Å²) in [6.07, 6.45) is 1.07. The lowest BCUT2D eigenvalue weighted by atomic mass is 10.1. The molecule has 1 aromatic carbocycles. The summed E-state index contributed by atoms with van der Waals surface area (Å²) in [5, 5.41) is 5.15. The van der Waals surface area contributed by atoms with Crippen molar-refractivity contribution >= 4 is 16.9 Å². The van der Waals surface area contributed by atoms with Crippen molar-refractivity contribution in [3.05, 3.63) is 35.4 Å². The van der Waals surface area contributed by atoms with Gasteiger partial charge in [0.2, 0.25) is 0 Å². The third kappa shape index (κ3) is 3.01. The maximum absolute atomic E-state index is 4.44. The van der Waals surface area contributed by atoms with Crippen molar-refractivity contribution in [1.82, 2.24) is 5.32 Å². The fraction of sp³-hybridized carbons (Fsp3) is 0.462. The third-order valence-corrected chi connectivity index (χ3v) is 3.78. The monoisotopic (exact) mass is 234 g/mol. The van der Waals surface area contributed by atoms with Gasteiger partial charge in [0, 0.05) is 11.8 Å². The Morgan fingerprint density at radius 1 is 1.44 bits per heavy atom. The van der Waals surface area contributed by atoms with Crippen LogP contribution in [0.1, 0.15) is 18.1 Å². The molecule has 1 unspecified atom stereocenters. The van der Waals surface area contributed by atoms with Gasteiger partial charge in [-0.05, 0) is 24.5 Å². The van der Waals surface area contributed by atoms with E-state index in [4.69, 9.17) is 0 Å². The molecule has 16 heavy (non-hydrogen) atoms. The predicted octanol–water partition coefficient (Wildman–Crippen LogP) is 2.62. The highest BCUT2D eigenvalue weighted by Gasteiger charge is 2.13. The summed E-state index contributed by atoms with van der Waals surface area (Å²) in [7, 11) is 0. The maximum atomic E-state index is 4.44. The quantitative estimate of drug-likeness (QED) is 0.869. The molecule has 1 aromatic rings. The highest BCUT2D eigenvalue weighted by atomic mass is 32.2. The van der Waals surface area contributed by atoms with Gasteiger partial charge < -0.3 is 5.32 Å². The highest BCUT2D eigenvalue weighted by Crippen LogP contribution is 2.18. The van der Waals surface area contributed by atoms with Crippen LogP contribution in [0, 0.1) is 6.92 Å². The minimum atomic E-state index is 0.640. The van der Waals surface area contributed by atoms with Crippen LogP contribution in [0.3, 0.4) is 0 Å². The number of aryl methyl sites for hydroxylation is 1. The van der Waals surface area contributed by atoms with Crippen LogP contribution in [0.2, 0.25) is 0 Å². The largest absolute Gasteiger partial charge is 0.365 e. The Hall–Kier alpha value is -0.960. The molecule has 1 heterocycles. The van der Waals surface area contributed by atoms with Crippen LogP contribution in [0.15, 0.2) is 29.3 Å². The summed E-state index contributed by atoms with van der Waals surface area (Å²) in [6.45, 7) is 6.31. The Morgan fingerprint density at radius 3 is 2.94 bits per heavy atom. The molecule has 0 bridgehead atoms. The lowest BCUT2D eigenvalue weighted by Gasteiger charge is -2.07. The molecule has 1 N–H and O–H groups in total. The summed E-state index contributed by atoms with van der Waals surface area (Å²) >= 11 is 1.84. The molecule has 0 fully saturated rings. The number of amidine groups is 1. The van der Waals surface area contributed by atoms with E-state index >= 15 is 0 Å². The molecule has 0 saturated heterocycles. The summed E-state index contributed by atoms with van der Waals surface area (Å²) in [6, 6.07) is 8.56. The van der Waals surface area contributed by atoms with Crippen molar-refractivity contribution in [2.24, 2.45) is 4.99 Å². The van der Waals surface area contributed by atoms with Crippen LogP contribution < -0.4 is 5.32 Å². The summed E-state index contributed by atoms with van der Waals surface area (Å²) in [5.41, 5.74) is 2.80. The van der Waals surface area contributed by atoms with Crippen LogP contribution in [0.4, 0.5) is 0 Å². The summed E-state index contributed by atoms with van der Waals surface area (Å²) in [4.78, 5) is 4.44. The second kappa shape index (κ2) is 5.39. The van der Waals surface area contributed by atoms with Gasteiger partial charge in [0.25, 0.3) is 0 Å². The lowest BCUT2D eigenvalue weighted by molar-refractivity contribution is 0.864. The van der Waals surface area contributed by atoms with Crippen LogP contribution in [-0.4, -0.2) is 23.5 Å². The van der Waals surface area contributed by atoms with E-state index < -0.39 is 0 Å². The number of hydrogen-bond acceptors (Lipinski definition) is 3. The van der Waals surface area contributed by atoms with Gasteiger partial charge in [-0.25, -0.2) is 0 Å². The first kappa shape index (κ1) is 11.5. The molecule has 0 amide bonds. The van der Waals surface area contributed by atoms with E-state index in [2.05, 4.69) is 48.4 Å². The first-order chi connectivity index (χ1) is 7.75. The van der Waals surface area contributed by atoms with Crippen molar-refractivity contribution in [2.45, 2.75) is 25.5 Å². The second-order valence-corrected chi connectivity index (χ2v) is 5.60. The molecular weight excluding hydrogens is 216 g/mol. The van der Waals surface area contributed by atoms with Crippen molar-refractivity contribution in [3.8, 4) is 0 Å². The van der Waals surface area contributed by atoms with E-state index in [1.54, 1.807) is 0 Å². The predicted molar refractivity (Wildman–Crippen MR) is 72.2 cm³/mol. The third-order valence-electron chi connectivity index (χ3n) is 2.74. The number of benzene rings is 1. The molecule has 1 atom stereocenters. The number of aliphatic imine (C=N–C) groups is 1. The molecule has 0 aromatic heterocycles. The molecule has 86 valence electrons. The SMILES string of the molecule is Cc1ccccc1CCNC1=NCC(C)S1. The molecule has 1 aliphatic heterocycles. The number of hydrogen-bond donors (Lipinski definition) is 1. The molecule has 0 saturated carbocycles. The van der Waals surface area contributed by atoms with Crippen LogP contribution in [0.25, 0.3) is 0 Å². The Kier molecular flexibility index (Phi) is 3.88. The average molecular weight is 234 g/mol. The Balaban J connectivity index is 1.78. The molecule has 0 aliphatic carbocycles. The average Bonchev–Trinajstić information content (AvgIpc) is 2.67. The van der Waals surface area contributed by atoms with Crippen molar-refractivity contribution < 1.29 is 0 Å². The molecule has 1 aliphatic rings. The number of thioether (sulfide) groups is 1. The fourth-order valence-corrected chi connectivity index (χ4v) is 2.63. The normalized spacial score (nSPS) is 19.6. The first-order valence-electron chi connectivity index (χ1n) is 5.75. The minimum absolute atomic E-state index is 0.640. The summed E-state index contributed by atoms with van der Waals surface area (Å²) in [5.74, 6) is 0. The molecule has 3 heteroatoms. The molecular formula is C13H18N2S. The van der Waals surface area contributed by atoms with Gasteiger partial charge in [-0.2, -0.15) is 0 Å². The van der Waals surface area contributed by atoms with Gasteiger partial charge in [-0.3, -0.25) is 4.99 Å². The highest BCUT2D eigenvalue weighted by molar-refractivity contribution is 8.14. The van der Waals surface area contributed by atoms with Crippen molar-refractivity contribution in [3.63, 3.8) is 0 Å². The van der Waals surface area contributed by atoms with E-state index in [-0.39, 0.29) is 0 Å². The summed E-state index contributed by atoms with van der Waals surface area (Å²) < 4.78 is 0. The zero-order valence-electron chi connectivity index (χ0n) is 9.86. The van der Waals surface area contributed by atoms with Gasteiger partial charge in [0.15, 0.2) is 5.17 Å². The van der Waals surface area contributed by atoms with E-state index in [1.165, 1.54) is 11.1 Å². The molecule has 2 rings (SSSR count). The van der Waals surface area contributed by atoms with Crippen LogP contribution in [0.5, 0.6) is 0 Å². The second-order valence-electron chi connectivity index (χ2n) is 4.18. The number of rotatable bonds is 3. The van der Waals surface area contributed by atoms with Gasteiger partial charge in [-0.1, -0.05) is 43.0 Å². The van der Waals surface area contributed by atoms with Crippen LogP contribution >= 0.6 is 11.8 Å². The fourth-order valence-electron chi connectivity index (χ4n) is 1.77. The van der Waals surface area contributed by atoms with Gasteiger partial charge in [0.1, 0.15) is 0 Å². The van der Waals surface area contributed by atoms with E-state index in [9.17, 15) is 0 Å². The van der Waals surface area contributed by atoms with Gasteiger partial charge in [-0.15, -0.1) is 0 Å². The zero-order chi connectivity index (χ0) is 11.4. The van der Waals surface area contributed by atoms with Crippen LogP contribution in [-0.2, 0) is 6.42 Å². The molecule has 0 spiro atoms. The smallest absolute Gasteiger partial charge is 0.156 e.